The lowest BCUT2D eigenvalue weighted by atomic mass is 9.89. The van der Waals surface area contributed by atoms with E-state index in [0.29, 0.717) is 25.7 Å². The van der Waals surface area contributed by atoms with Crippen LogP contribution in [0.2, 0.25) is 0 Å². The summed E-state index contributed by atoms with van der Waals surface area (Å²) in [6.45, 7) is 4.44. The van der Waals surface area contributed by atoms with Gasteiger partial charge in [-0.1, -0.05) is 12.2 Å². The van der Waals surface area contributed by atoms with Crippen molar-refractivity contribution in [1.29, 1.82) is 0 Å². The molecule has 3 fully saturated rings. The molecule has 15 nitrogen and oxygen atoms in total. The summed E-state index contributed by atoms with van der Waals surface area (Å²) >= 11 is 0. The Morgan fingerprint density at radius 2 is 1.77 bits per heavy atom. The van der Waals surface area contributed by atoms with E-state index in [2.05, 4.69) is 28.1 Å². The van der Waals surface area contributed by atoms with Gasteiger partial charge in [-0.3, -0.25) is 0 Å². The highest BCUT2D eigenvalue weighted by Gasteiger charge is 2.41. The zero-order valence-corrected chi connectivity index (χ0v) is 25.5. The quantitative estimate of drug-likeness (QED) is 0.0737. The van der Waals surface area contributed by atoms with Crippen molar-refractivity contribution in [2.75, 3.05) is 59.6 Å². The zero-order valence-electron chi connectivity index (χ0n) is 25.5. The highest BCUT2D eigenvalue weighted by Crippen LogP contribution is 2.27. The minimum atomic E-state index is -1.23. The molecule has 0 aromatic heterocycles. The van der Waals surface area contributed by atoms with Crippen LogP contribution in [0, 0.1) is 0 Å². The van der Waals surface area contributed by atoms with Crippen molar-refractivity contribution in [2.45, 2.75) is 106 Å². The summed E-state index contributed by atoms with van der Waals surface area (Å²) in [5.41, 5.74) is 16.7. The summed E-state index contributed by atoms with van der Waals surface area (Å²) in [4.78, 5) is 0. The molecule has 14 N–H and O–H groups in total. The third kappa shape index (κ3) is 14.4. The minimum absolute atomic E-state index is 0.0602. The van der Waals surface area contributed by atoms with Crippen LogP contribution in [0.25, 0.3) is 0 Å². The number of rotatable bonds is 12. The Morgan fingerprint density at radius 1 is 0.977 bits per heavy atom. The molecule has 1 saturated carbocycles. The van der Waals surface area contributed by atoms with Crippen LogP contribution in [0.5, 0.6) is 0 Å². The van der Waals surface area contributed by atoms with Crippen LogP contribution in [0.3, 0.4) is 0 Å². The van der Waals surface area contributed by atoms with Crippen LogP contribution >= 0.6 is 0 Å². The summed E-state index contributed by atoms with van der Waals surface area (Å²) in [5, 5.41) is 55.2. The third-order valence-electron chi connectivity index (χ3n) is 7.67. The fourth-order valence-electron chi connectivity index (χ4n) is 5.38. The van der Waals surface area contributed by atoms with Gasteiger partial charge in [-0.2, -0.15) is 0 Å². The first-order valence-corrected chi connectivity index (χ1v) is 15.5. The molecule has 0 amide bonds. The molecule has 0 aromatic carbocycles. The lowest BCUT2D eigenvalue weighted by Crippen LogP contribution is -2.62. The van der Waals surface area contributed by atoms with E-state index in [1.54, 1.807) is 7.05 Å². The molecule has 7 unspecified atom stereocenters. The second-order valence-corrected chi connectivity index (χ2v) is 11.3. The van der Waals surface area contributed by atoms with Crippen LogP contribution in [0.4, 0.5) is 0 Å². The molecular formula is C28H58N6O9. The lowest BCUT2D eigenvalue weighted by molar-refractivity contribution is -0.240. The second kappa shape index (κ2) is 21.8. The van der Waals surface area contributed by atoms with Gasteiger partial charge in [-0.15, -0.1) is 0 Å². The SMILES string of the molecule is CNC[C@@H]1O[C@H](O)[C@H](N)C(O)[C@@H]1O.NC1CC(NCCO)CC(OC2CCC(CO)O2)C1.NCCNCC1C=CCCO1. The van der Waals surface area contributed by atoms with E-state index in [0.717, 1.165) is 58.2 Å². The van der Waals surface area contributed by atoms with Crippen molar-refractivity contribution in [3.8, 4) is 0 Å². The molecule has 0 bridgehead atoms. The van der Waals surface area contributed by atoms with E-state index in [4.69, 9.17) is 46.4 Å². The fourth-order valence-corrected chi connectivity index (χ4v) is 5.38. The second-order valence-electron chi connectivity index (χ2n) is 11.3. The molecule has 4 aliphatic rings. The summed E-state index contributed by atoms with van der Waals surface area (Å²) in [5.74, 6) is 0. The molecule has 15 heteroatoms. The average molecular weight is 623 g/mol. The number of nitrogens with one attached hydrogen (secondary N) is 3. The minimum Gasteiger partial charge on any atom is -0.395 e. The van der Waals surface area contributed by atoms with Gasteiger partial charge in [0.05, 0.1) is 44.2 Å². The predicted octanol–water partition coefficient (Wildman–Crippen LogP) is -3.82. The molecule has 0 aromatic rings. The maximum absolute atomic E-state index is 9.45. The smallest absolute Gasteiger partial charge is 0.172 e. The zero-order chi connectivity index (χ0) is 31.6. The van der Waals surface area contributed by atoms with Crippen molar-refractivity contribution in [3.63, 3.8) is 0 Å². The fraction of sp³-hybridized carbons (Fsp3) is 0.929. The third-order valence-corrected chi connectivity index (χ3v) is 7.67. The molecule has 1 aliphatic carbocycles. The lowest BCUT2D eigenvalue weighted by Gasteiger charge is -2.38. The number of hydrogen-bond donors (Lipinski definition) is 11. The molecule has 0 radical (unpaired) electrons. The maximum atomic E-state index is 9.45. The summed E-state index contributed by atoms with van der Waals surface area (Å²) in [6, 6.07) is -0.524. The number of hydrogen-bond acceptors (Lipinski definition) is 15. The van der Waals surface area contributed by atoms with E-state index >= 15 is 0 Å². The average Bonchev–Trinajstić information content (AvgIpc) is 3.46. The van der Waals surface area contributed by atoms with Crippen LogP contribution in [0.15, 0.2) is 12.2 Å². The number of nitrogens with two attached hydrogens (primary N) is 3. The van der Waals surface area contributed by atoms with E-state index in [1.165, 1.54) is 0 Å². The highest BCUT2D eigenvalue weighted by atomic mass is 16.7. The van der Waals surface area contributed by atoms with Gasteiger partial charge < -0.3 is 77.6 Å². The summed E-state index contributed by atoms with van der Waals surface area (Å²) < 4.78 is 22.0. The van der Waals surface area contributed by atoms with Gasteiger partial charge >= 0.3 is 0 Å². The van der Waals surface area contributed by atoms with Gasteiger partial charge in [0.1, 0.15) is 18.3 Å². The Labute approximate surface area is 255 Å². The molecule has 3 heterocycles. The number of aliphatic hydroxyl groups is 5. The van der Waals surface area contributed by atoms with E-state index < -0.39 is 30.6 Å². The van der Waals surface area contributed by atoms with Crippen molar-refractivity contribution in [3.05, 3.63) is 12.2 Å². The van der Waals surface area contributed by atoms with E-state index in [-0.39, 0.29) is 43.9 Å². The first-order valence-electron chi connectivity index (χ1n) is 15.5. The Morgan fingerprint density at radius 3 is 2.40 bits per heavy atom. The molecular weight excluding hydrogens is 564 g/mol. The maximum Gasteiger partial charge on any atom is 0.172 e. The van der Waals surface area contributed by atoms with Gasteiger partial charge in [-0.05, 0) is 39.2 Å². The molecule has 43 heavy (non-hydrogen) atoms. The van der Waals surface area contributed by atoms with Crippen molar-refractivity contribution in [2.24, 2.45) is 17.2 Å². The van der Waals surface area contributed by atoms with E-state index in [1.807, 2.05) is 0 Å². The van der Waals surface area contributed by atoms with Crippen molar-refractivity contribution in [1.82, 2.24) is 16.0 Å². The van der Waals surface area contributed by atoms with Gasteiger partial charge in [0.25, 0.3) is 0 Å². The number of ether oxygens (including phenoxy) is 4. The number of likely N-dealkylation sites (N-methyl/N-ethyl adjacent to an activating group) is 1. The Kier molecular flexibility index (Phi) is 19.4. The van der Waals surface area contributed by atoms with Crippen molar-refractivity contribution < 1.29 is 44.5 Å². The number of aliphatic hydroxyl groups excluding tert-OH is 5. The van der Waals surface area contributed by atoms with Crippen LogP contribution < -0.4 is 33.2 Å². The topological polar surface area (TPSA) is 252 Å². The molecule has 11 atom stereocenters. The molecule has 2 saturated heterocycles. The van der Waals surface area contributed by atoms with Gasteiger partial charge in [-0.25, -0.2) is 0 Å². The first-order chi connectivity index (χ1) is 20.7. The van der Waals surface area contributed by atoms with Crippen LogP contribution in [-0.2, 0) is 18.9 Å². The Bertz CT molecular complexity index is 745. The summed E-state index contributed by atoms with van der Waals surface area (Å²) in [7, 11) is 1.68. The van der Waals surface area contributed by atoms with Gasteiger partial charge in [0, 0.05) is 51.2 Å². The standard InChI is InChI=1S/C13H26N2O4.C8H16N2O.C7H16N2O4/c14-9-5-10(15-3-4-16)7-12(6-9)19-13-2-1-11(8-17)18-13;9-4-5-10-7-8-3-1-2-6-11-8;1-9-2-3-5(10)6(11)4(8)7(12)13-3/h9-13,15-17H,1-8,14H2;1,3,8,10H,2,4-7,9H2;3-7,9-12H,2,8H2,1H3/t;;3-,4+,5+,6?,7-/m..0/s1. The molecule has 3 aliphatic heterocycles. The van der Waals surface area contributed by atoms with Crippen LogP contribution in [-0.4, -0.2) is 152 Å². The predicted molar refractivity (Wildman–Crippen MR) is 161 cm³/mol. The van der Waals surface area contributed by atoms with E-state index in [9.17, 15) is 15.3 Å². The van der Waals surface area contributed by atoms with Crippen molar-refractivity contribution >= 4 is 0 Å². The highest BCUT2D eigenvalue weighted by molar-refractivity contribution is 4.94. The summed E-state index contributed by atoms with van der Waals surface area (Å²) in [6.07, 6.45) is 5.69. The molecule has 0 spiro atoms. The van der Waals surface area contributed by atoms with Gasteiger partial charge in [0.15, 0.2) is 12.6 Å². The first kappa shape index (κ1) is 38.3. The molecule has 4 rings (SSSR count). The van der Waals surface area contributed by atoms with Crippen LogP contribution in [0.1, 0.15) is 38.5 Å². The Hall–Kier alpha value is -0.860. The van der Waals surface area contributed by atoms with Gasteiger partial charge in [0.2, 0.25) is 0 Å². The molecule has 254 valence electrons. The Balaban J connectivity index is 0.000000236. The largest absolute Gasteiger partial charge is 0.395 e. The monoisotopic (exact) mass is 622 g/mol. The normalized spacial score (nSPS) is 37.7.